The van der Waals surface area contributed by atoms with Gasteiger partial charge in [0, 0.05) is 80.4 Å². The van der Waals surface area contributed by atoms with Gasteiger partial charge in [0.1, 0.15) is 24.7 Å². The summed E-state index contributed by atoms with van der Waals surface area (Å²) >= 11 is 0. The lowest BCUT2D eigenvalue weighted by atomic mass is 10.3. The van der Waals surface area contributed by atoms with Crippen LogP contribution in [0.2, 0.25) is 0 Å². The molecule has 0 saturated heterocycles. The minimum Gasteiger partial charge on any atom is -0.463 e. The molecule has 3 unspecified atom stereocenters. The Bertz CT molecular complexity index is 2080. The lowest BCUT2D eigenvalue weighted by Crippen LogP contribution is -2.40. The lowest BCUT2D eigenvalue weighted by Gasteiger charge is -2.22. The van der Waals surface area contributed by atoms with E-state index in [1.165, 1.54) is 59.8 Å². The summed E-state index contributed by atoms with van der Waals surface area (Å²) in [5, 5.41) is 12.7. The normalized spacial score (nSPS) is 15.2. The van der Waals surface area contributed by atoms with Crippen molar-refractivity contribution in [2.24, 2.45) is 5.73 Å². The SMILES string of the molecule is C=CCOP(=O)(OCCN)OC[C@@H](COCC[C@@H](C)OC(C)=O)NC(C)=O.C=CCOP(=O)(OCCNC(=O)CC(=O)NCCOP(=O)(OCC=C)OC[C@@H](COCC[C@@H](C)OC(C)=O)NC(C)=O)OC[C@@H](COCC[C@@H](C)OC(C)=O)NC(C)=O. The van der Waals surface area contributed by atoms with E-state index < -0.39 is 83.6 Å². The maximum Gasteiger partial charge on any atom is 0.475 e. The smallest absolute Gasteiger partial charge is 0.463 e. The van der Waals surface area contributed by atoms with Gasteiger partial charge in [0.05, 0.1) is 117 Å². The van der Waals surface area contributed by atoms with E-state index in [0.29, 0.717) is 25.9 Å². The van der Waals surface area contributed by atoms with E-state index in [4.69, 9.17) is 74.9 Å². The van der Waals surface area contributed by atoms with Crippen molar-refractivity contribution >= 4 is 70.9 Å². The number of ether oxygens (including phenoxy) is 6. The number of carbonyl (C=O) groups is 8. The summed E-state index contributed by atoms with van der Waals surface area (Å²) in [7, 11) is -12.3. The average Bonchev–Trinajstić information content (AvgIpc) is 3.64. The molecular weight excluding hydrogens is 1210 g/mol. The van der Waals surface area contributed by atoms with Crippen molar-refractivity contribution in [1.29, 1.82) is 0 Å². The number of esters is 3. The molecule has 0 radical (unpaired) electrons. The maximum atomic E-state index is 13.2. The molecule has 32 nitrogen and oxygen atoms in total. The summed E-state index contributed by atoms with van der Waals surface area (Å²) in [5.74, 6) is -3.75. The van der Waals surface area contributed by atoms with Gasteiger partial charge in [-0.3, -0.25) is 79.1 Å². The van der Waals surface area contributed by atoms with Gasteiger partial charge in [-0.15, -0.1) is 19.7 Å². The predicted molar refractivity (Wildman–Crippen MR) is 309 cm³/mol. The molecule has 0 aromatic heterocycles. The Hall–Kier alpha value is -4.85. The highest BCUT2D eigenvalue weighted by molar-refractivity contribution is 7.49. The number of phosphoric acid groups is 3. The maximum absolute atomic E-state index is 13.2. The molecule has 0 aromatic rings. The minimum absolute atomic E-state index is 0.0102. The van der Waals surface area contributed by atoms with Gasteiger partial charge in [0.2, 0.25) is 29.5 Å². The molecule has 0 aliphatic rings. The molecular formula is C51H93N6O26P3. The second-order valence-electron chi connectivity index (χ2n) is 18.2. The van der Waals surface area contributed by atoms with Crippen LogP contribution < -0.4 is 32.3 Å². The first-order chi connectivity index (χ1) is 40.5. The van der Waals surface area contributed by atoms with Crippen LogP contribution in [-0.2, 0) is 121 Å². The summed E-state index contributed by atoms with van der Waals surface area (Å²) < 4.78 is 118. The van der Waals surface area contributed by atoms with Gasteiger partial charge in [0.15, 0.2) is 0 Å². The molecule has 0 aliphatic carbocycles. The Morgan fingerprint density at radius 3 is 0.942 bits per heavy atom. The molecule has 0 aromatic carbocycles. The lowest BCUT2D eigenvalue weighted by molar-refractivity contribution is -0.147. The van der Waals surface area contributed by atoms with Crippen molar-refractivity contribution in [3.63, 3.8) is 0 Å². The van der Waals surface area contributed by atoms with Crippen LogP contribution in [0.15, 0.2) is 38.0 Å². The van der Waals surface area contributed by atoms with Crippen LogP contribution in [-0.4, -0.2) is 203 Å². The molecule has 0 aliphatic heterocycles. The third-order valence-corrected chi connectivity index (χ3v) is 14.0. The summed E-state index contributed by atoms with van der Waals surface area (Å²) in [5.41, 5.74) is 5.34. The molecule has 0 heterocycles. The number of amides is 5. The topological polar surface area (TPSA) is 412 Å². The largest absolute Gasteiger partial charge is 0.475 e. The number of hydrogen-bond acceptors (Lipinski definition) is 27. The van der Waals surface area contributed by atoms with Crippen molar-refractivity contribution in [1.82, 2.24) is 26.6 Å². The molecule has 5 amide bonds. The quantitative estimate of drug-likeness (QED) is 0.0127. The van der Waals surface area contributed by atoms with Gasteiger partial charge >= 0.3 is 41.4 Å². The molecule has 86 heavy (non-hydrogen) atoms. The number of nitrogens with one attached hydrogen (secondary N) is 5. The fourth-order valence-corrected chi connectivity index (χ4v) is 9.73. The van der Waals surface area contributed by atoms with Crippen LogP contribution in [0.25, 0.3) is 0 Å². The highest BCUT2D eigenvalue weighted by Gasteiger charge is 2.31. The van der Waals surface area contributed by atoms with Crippen LogP contribution >= 0.6 is 23.5 Å². The Morgan fingerprint density at radius 1 is 0.419 bits per heavy atom. The summed E-state index contributed by atoms with van der Waals surface area (Å²) in [6.45, 7) is 21.9. The van der Waals surface area contributed by atoms with Gasteiger partial charge in [-0.05, 0) is 20.8 Å². The van der Waals surface area contributed by atoms with Gasteiger partial charge in [-0.2, -0.15) is 0 Å². The second-order valence-corrected chi connectivity index (χ2v) is 23.2. The zero-order valence-electron chi connectivity index (χ0n) is 50.9. The van der Waals surface area contributed by atoms with Crippen molar-refractivity contribution < 1.29 is 121 Å². The average molecular weight is 1300 g/mol. The number of hydrogen-bond donors (Lipinski definition) is 6. The molecule has 0 rings (SSSR count). The number of nitrogens with two attached hydrogens (primary N) is 1. The predicted octanol–water partition coefficient (Wildman–Crippen LogP) is 3.17. The third-order valence-electron chi connectivity index (χ3n) is 9.68. The number of phosphoric ester groups is 3. The summed E-state index contributed by atoms with van der Waals surface area (Å²) in [4.78, 5) is 92.5. The van der Waals surface area contributed by atoms with E-state index in [2.05, 4.69) is 46.3 Å². The van der Waals surface area contributed by atoms with Crippen molar-refractivity contribution in [3.8, 4) is 0 Å². The van der Waals surface area contributed by atoms with Crippen molar-refractivity contribution in [2.75, 3.05) is 119 Å². The van der Waals surface area contributed by atoms with E-state index in [1.807, 2.05) is 0 Å². The molecule has 498 valence electrons. The van der Waals surface area contributed by atoms with E-state index in [-0.39, 0.29) is 142 Å². The van der Waals surface area contributed by atoms with Crippen LogP contribution in [0.1, 0.15) is 88.0 Å². The van der Waals surface area contributed by atoms with E-state index >= 15 is 0 Å². The van der Waals surface area contributed by atoms with Gasteiger partial charge in [0.25, 0.3) is 0 Å². The molecule has 0 fully saturated rings. The summed E-state index contributed by atoms with van der Waals surface area (Å²) in [6, 6.07) is -2.08. The molecule has 0 bridgehead atoms. The monoisotopic (exact) mass is 1300 g/mol. The summed E-state index contributed by atoms with van der Waals surface area (Å²) in [6.07, 6.45) is 3.65. The third kappa shape index (κ3) is 50.2. The minimum atomic E-state index is -4.23. The van der Waals surface area contributed by atoms with Gasteiger partial charge in [-0.25, -0.2) is 13.7 Å². The highest BCUT2D eigenvalue weighted by Crippen LogP contribution is 2.51. The Morgan fingerprint density at radius 2 is 0.698 bits per heavy atom. The Labute approximate surface area is 504 Å². The zero-order valence-corrected chi connectivity index (χ0v) is 53.6. The Balaban J connectivity index is 0. The van der Waals surface area contributed by atoms with E-state index in [0.717, 1.165) is 0 Å². The number of carbonyl (C=O) groups excluding carboxylic acids is 8. The molecule has 7 N–H and O–H groups in total. The van der Waals surface area contributed by atoms with Crippen LogP contribution in [0.4, 0.5) is 0 Å². The first kappa shape index (κ1) is 83.2. The van der Waals surface area contributed by atoms with Crippen LogP contribution in [0.3, 0.4) is 0 Å². The standard InChI is InChI=1S/C35H62N4O18P2.C16H31N2O8P/c1-9-15-50-58(46,54-24-32(38-28(5)40)22-48-17-11-26(3)56-30(7)42)52-19-13-36-34(44)21-35(45)37-14-20-53-59(47,51-16-10-2)55-25-33(39-29(6)41)23-49-18-12-27(4)57-31(8)43;1-5-8-23-27(21,24-10-7-17)25-12-16(18-14(3)19)11-22-9-6-13(2)26-15(4)20/h9-10,26-27,32-33H,1-2,11-25H2,3-8H3,(H,36,44)(H,37,45)(H,38,40)(H,39,41);5,13,16H,1,6-12,17H2,2-4H3,(H,18,19)/t26-,27-,32-,33-,58?,59?;13-,16-,27?/m11/s1. The molecule has 35 heteroatoms. The number of rotatable bonds is 52. The van der Waals surface area contributed by atoms with E-state index in [9.17, 15) is 52.1 Å². The van der Waals surface area contributed by atoms with Gasteiger partial charge < -0.3 is 60.7 Å². The van der Waals surface area contributed by atoms with Crippen LogP contribution in [0.5, 0.6) is 0 Å². The zero-order chi connectivity index (χ0) is 65.4. The van der Waals surface area contributed by atoms with Crippen molar-refractivity contribution in [3.05, 3.63) is 38.0 Å². The van der Waals surface area contributed by atoms with Crippen LogP contribution in [0, 0.1) is 0 Å². The first-order valence-electron chi connectivity index (χ1n) is 27.3. The molecule has 0 saturated carbocycles. The first-order valence-corrected chi connectivity index (χ1v) is 31.6. The fourth-order valence-electron chi connectivity index (χ4n) is 6.15. The van der Waals surface area contributed by atoms with E-state index in [1.54, 1.807) is 20.8 Å². The Kier molecular flexibility index (Phi) is 48.4. The fraction of sp³-hybridized carbons (Fsp3) is 0.725. The highest BCUT2D eigenvalue weighted by atomic mass is 31.2. The molecule has 9 atom stereocenters. The second kappa shape index (κ2) is 50.1. The molecule has 0 spiro atoms. The van der Waals surface area contributed by atoms with Crippen molar-refractivity contribution in [2.45, 2.75) is 124 Å². The van der Waals surface area contributed by atoms with Gasteiger partial charge in [-0.1, -0.05) is 18.2 Å².